The Labute approximate surface area is 184 Å². The highest BCUT2D eigenvalue weighted by Crippen LogP contribution is 2.39. The number of methoxy groups -OCH3 is 1. The van der Waals surface area contributed by atoms with Crippen LogP contribution in [0.4, 0.5) is 0 Å². The Hall–Kier alpha value is -3.39. The maximum Gasteiger partial charge on any atom is 0.332 e. The van der Waals surface area contributed by atoms with Gasteiger partial charge in [0, 0.05) is 12.5 Å². The molecule has 2 heterocycles. The van der Waals surface area contributed by atoms with Crippen molar-refractivity contribution in [3.63, 3.8) is 0 Å². The van der Waals surface area contributed by atoms with Gasteiger partial charge in [0.15, 0.2) is 5.17 Å². The van der Waals surface area contributed by atoms with Gasteiger partial charge in [-0.05, 0) is 54.1 Å². The molecule has 4 rings (SSSR count). The lowest BCUT2D eigenvalue weighted by molar-refractivity contribution is -0.137. The van der Waals surface area contributed by atoms with Gasteiger partial charge in [-0.1, -0.05) is 30.3 Å². The third-order valence-corrected chi connectivity index (χ3v) is 5.83. The molecule has 1 amide bonds. The normalized spacial score (nSPS) is 19.4. The fourth-order valence-corrected chi connectivity index (χ4v) is 4.24. The maximum absolute atomic E-state index is 12.4. The minimum atomic E-state index is -0.557. The van der Waals surface area contributed by atoms with Gasteiger partial charge in [0.1, 0.15) is 5.75 Å². The van der Waals surface area contributed by atoms with Gasteiger partial charge in [0.25, 0.3) is 5.91 Å². The summed E-state index contributed by atoms with van der Waals surface area (Å²) in [5.74, 6) is -0.250. The van der Waals surface area contributed by atoms with Crippen LogP contribution >= 0.6 is 11.8 Å². The number of thioether (sulfide) groups is 1. The van der Waals surface area contributed by atoms with E-state index in [4.69, 9.17) is 14.6 Å². The van der Waals surface area contributed by atoms with Crippen LogP contribution in [-0.4, -0.2) is 41.5 Å². The number of amidine groups is 1. The van der Waals surface area contributed by atoms with Crippen LogP contribution in [0.15, 0.2) is 75.7 Å². The zero-order valence-electron chi connectivity index (χ0n) is 17.1. The number of hydrazone groups is 1. The Kier molecular flexibility index (Phi) is 6.18. The second-order valence-electron chi connectivity index (χ2n) is 6.81. The van der Waals surface area contributed by atoms with Crippen molar-refractivity contribution in [2.45, 2.75) is 19.4 Å². The van der Waals surface area contributed by atoms with Crippen molar-refractivity contribution in [3.8, 4) is 5.75 Å². The molecule has 31 heavy (non-hydrogen) atoms. The zero-order valence-corrected chi connectivity index (χ0v) is 18.0. The van der Waals surface area contributed by atoms with Crippen molar-refractivity contribution in [3.05, 3.63) is 76.7 Å². The van der Waals surface area contributed by atoms with Gasteiger partial charge >= 0.3 is 5.97 Å². The molecular formula is C23H21N3O4S. The summed E-state index contributed by atoms with van der Waals surface area (Å²) in [5, 5.41) is 7.01. The standard InChI is InChI=1S/C23H21N3O4S/c1-3-30-21(27)14-20-22(28)24-23(31-20)26-19(16-7-5-4-6-8-16)13-18(25-26)15-9-11-17(29-2)12-10-15/h4-12,14,19H,3,13H2,1-2H3. The van der Waals surface area contributed by atoms with Crippen molar-refractivity contribution < 1.29 is 19.1 Å². The molecule has 2 aromatic carbocycles. The molecule has 8 heteroatoms. The van der Waals surface area contributed by atoms with Crippen LogP contribution in [0.1, 0.15) is 30.5 Å². The van der Waals surface area contributed by atoms with Gasteiger partial charge in [0.05, 0.1) is 30.4 Å². The number of rotatable bonds is 5. The Bertz CT molecular complexity index is 1080. The minimum Gasteiger partial charge on any atom is -0.497 e. The largest absolute Gasteiger partial charge is 0.497 e. The second kappa shape index (κ2) is 9.18. The van der Waals surface area contributed by atoms with E-state index in [-0.39, 0.29) is 17.6 Å². The van der Waals surface area contributed by atoms with Gasteiger partial charge in [-0.15, -0.1) is 0 Å². The molecule has 1 unspecified atom stereocenters. The minimum absolute atomic E-state index is 0.112. The van der Waals surface area contributed by atoms with Gasteiger partial charge in [-0.25, -0.2) is 9.80 Å². The first-order valence-corrected chi connectivity index (χ1v) is 10.7. The number of amides is 1. The van der Waals surface area contributed by atoms with Crippen LogP contribution in [0.5, 0.6) is 5.75 Å². The number of benzene rings is 2. The molecule has 7 nitrogen and oxygen atoms in total. The topological polar surface area (TPSA) is 80.6 Å². The van der Waals surface area contributed by atoms with Crippen LogP contribution in [0.2, 0.25) is 0 Å². The molecule has 0 saturated carbocycles. The smallest absolute Gasteiger partial charge is 0.332 e. The number of carbonyl (C=O) groups excluding carboxylic acids is 2. The van der Waals surface area contributed by atoms with Crippen molar-refractivity contribution in [2.24, 2.45) is 10.1 Å². The van der Waals surface area contributed by atoms with Gasteiger partial charge in [-0.2, -0.15) is 10.1 Å². The maximum atomic E-state index is 12.4. The number of esters is 1. The number of aliphatic imine (C=N–C) groups is 1. The third-order valence-electron chi connectivity index (χ3n) is 4.86. The summed E-state index contributed by atoms with van der Waals surface area (Å²) in [6.07, 6.45) is 1.84. The molecule has 2 aromatic rings. The number of hydrogen-bond donors (Lipinski definition) is 0. The van der Waals surface area contributed by atoms with E-state index in [1.165, 1.54) is 6.08 Å². The molecular weight excluding hydrogens is 414 g/mol. The fraction of sp³-hybridized carbons (Fsp3) is 0.217. The average Bonchev–Trinajstić information content (AvgIpc) is 3.39. The third kappa shape index (κ3) is 4.54. The molecule has 0 N–H and O–H groups in total. The Balaban J connectivity index is 1.65. The molecule has 0 aromatic heterocycles. The van der Waals surface area contributed by atoms with E-state index in [1.54, 1.807) is 19.0 Å². The summed E-state index contributed by atoms with van der Waals surface area (Å²) in [6.45, 7) is 1.96. The summed E-state index contributed by atoms with van der Waals surface area (Å²) in [7, 11) is 1.63. The fourth-order valence-electron chi connectivity index (χ4n) is 3.37. The molecule has 0 fully saturated rings. The van der Waals surface area contributed by atoms with Crippen LogP contribution in [0, 0.1) is 0 Å². The van der Waals surface area contributed by atoms with E-state index < -0.39 is 11.9 Å². The first kappa shape index (κ1) is 20.9. The molecule has 158 valence electrons. The molecule has 0 spiro atoms. The lowest BCUT2D eigenvalue weighted by Crippen LogP contribution is -2.23. The molecule has 2 aliphatic heterocycles. The predicted molar refractivity (Wildman–Crippen MR) is 120 cm³/mol. The quantitative estimate of drug-likeness (QED) is 0.523. The van der Waals surface area contributed by atoms with E-state index in [9.17, 15) is 9.59 Å². The Morgan fingerprint density at radius 2 is 1.94 bits per heavy atom. The summed E-state index contributed by atoms with van der Waals surface area (Å²) < 4.78 is 10.2. The second-order valence-corrected chi connectivity index (χ2v) is 7.82. The molecule has 2 aliphatic rings. The van der Waals surface area contributed by atoms with Gasteiger partial charge in [-0.3, -0.25) is 4.79 Å². The first-order valence-electron chi connectivity index (χ1n) is 9.84. The summed E-state index contributed by atoms with van der Waals surface area (Å²) in [4.78, 5) is 28.5. The molecule has 0 aliphatic carbocycles. The summed E-state index contributed by atoms with van der Waals surface area (Å²) in [5.41, 5.74) is 2.92. The van der Waals surface area contributed by atoms with Crippen LogP contribution in [-0.2, 0) is 14.3 Å². The number of hydrogen-bond acceptors (Lipinski definition) is 7. The Morgan fingerprint density at radius 3 is 2.61 bits per heavy atom. The van der Waals surface area contributed by atoms with E-state index in [0.717, 1.165) is 34.3 Å². The van der Waals surface area contributed by atoms with Crippen molar-refractivity contribution in [1.29, 1.82) is 0 Å². The van der Waals surface area contributed by atoms with Gasteiger partial charge < -0.3 is 9.47 Å². The highest BCUT2D eigenvalue weighted by molar-refractivity contribution is 8.18. The van der Waals surface area contributed by atoms with Crippen LogP contribution in [0.25, 0.3) is 0 Å². The lowest BCUT2D eigenvalue weighted by atomic mass is 9.98. The molecule has 0 saturated heterocycles. The number of nitrogens with zero attached hydrogens (tertiary/aromatic N) is 3. The SMILES string of the molecule is CCOC(=O)C=C1SC(N2N=C(c3ccc(OC)cc3)CC2c2ccccc2)=NC1=O. The molecule has 0 radical (unpaired) electrons. The highest BCUT2D eigenvalue weighted by atomic mass is 32.2. The van der Waals surface area contributed by atoms with Crippen LogP contribution in [0.3, 0.4) is 0 Å². The van der Waals surface area contributed by atoms with E-state index in [2.05, 4.69) is 4.99 Å². The Morgan fingerprint density at radius 1 is 1.19 bits per heavy atom. The van der Waals surface area contributed by atoms with Crippen molar-refractivity contribution in [1.82, 2.24) is 5.01 Å². The summed E-state index contributed by atoms with van der Waals surface area (Å²) >= 11 is 1.13. The molecule has 0 bridgehead atoms. The van der Waals surface area contributed by atoms with E-state index >= 15 is 0 Å². The highest BCUT2D eigenvalue weighted by Gasteiger charge is 2.36. The first-order chi connectivity index (χ1) is 15.1. The lowest BCUT2D eigenvalue weighted by Gasteiger charge is -2.22. The number of ether oxygens (including phenoxy) is 2. The molecule has 1 atom stereocenters. The van der Waals surface area contributed by atoms with E-state index in [0.29, 0.717) is 11.6 Å². The summed E-state index contributed by atoms with van der Waals surface area (Å²) in [6, 6.07) is 17.6. The van der Waals surface area contributed by atoms with Crippen LogP contribution < -0.4 is 4.74 Å². The average molecular weight is 436 g/mol. The predicted octanol–water partition coefficient (Wildman–Crippen LogP) is 3.92. The van der Waals surface area contributed by atoms with Gasteiger partial charge in [0.2, 0.25) is 0 Å². The van der Waals surface area contributed by atoms with Crippen molar-refractivity contribution >= 4 is 34.5 Å². The van der Waals surface area contributed by atoms with Crippen molar-refractivity contribution in [2.75, 3.05) is 13.7 Å². The zero-order chi connectivity index (χ0) is 21.8. The van der Waals surface area contributed by atoms with E-state index in [1.807, 2.05) is 54.6 Å². The monoisotopic (exact) mass is 435 g/mol. The number of carbonyl (C=O) groups is 2.